The largest absolute Gasteiger partial charge is 0.325 e. The first-order chi connectivity index (χ1) is 12.3. The Labute approximate surface area is 154 Å². The lowest BCUT2D eigenvalue weighted by Crippen LogP contribution is -2.34. The van der Waals surface area contributed by atoms with Crippen LogP contribution in [0.4, 0.5) is 0 Å². The highest BCUT2D eigenvalue weighted by molar-refractivity contribution is 7.12. The highest BCUT2D eigenvalue weighted by atomic mass is 32.1. The molecule has 0 spiro atoms. The van der Waals surface area contributed by atoms with E-state index < -0.39 is 0 Å². The van der Waals surface area contributed by atoms with Crippen molar-refractivity contribution in [2.24, 2.45) is 5.73 Å². The molecule has 0 atom stereocenters. The Balaban J connectivity index is 1.29. The van der Waals surface area contributed by atoms with E-state index in [0.717, 1.165) is 44.1 Å². The van der Waals surface area contributed by atoms with Gasteiger partial charge >= 0.3 is 0 Å². The molecular formula is C19H29N5S. The van der Waals surface area contributed by atoms with Gasteiger partial charge in [0, 0.05) is 35.9 Å². The van der Waals surface area contributed by atoms with Crippen molar-refractivity contribution in [3.8, 4) is 0 Å². The molecule has 0 radical (unpaired) electrons. The summed E-state index contributed by atoms with van der Waals surface area (Å²) in [6.45, 7) is 3.86. The SMILES string of the molecule is NCc1cn(C2CCN(Cc3ccc(C4CCCCC4)s3)CC2)nn1. The van der Waals surface area contributed by atoms with E-state index in [0.29, 0.717) is 12.6 Å². The minimum Gasteiger partial charge on any atom is -0.325 e. The summed E-state index contributed by atoms with van der Waals surface area (Å²) in [5.41, 5.74) is 6.52. The number of aromatic nitrogens is 3. The predicted molar refractivity (Wildman–Crippen MR) is 102 cm³/mol. The maximum Gasteiger partial charge on any atom is 0.0962 e. The van der Waals surface area contributed by atoms with Gasteiger partial charge in [0.1, 0.15) is 0 Å². The predicted octanol–water partition coefficient (Wildman–Crippen LogP) is 3.68. The van der Waals surface area contributed by atoms with Crippen LogP contribution in [0.2, 0.25) is 0 Å². The second-order valence-electron chi connectivity index (χ2n) is 7.54. The summed E-state index contributed by atoms with van der Waals surface area (Å²) >= 11 is 2.05. The molecule has 136 valence electrons. The fourth-order valence-corrected chi connectivity index (χ4v) is 5.46. The third-order valence-electron chi connectivity index (χ3n) is 5.77. The Bertz CT molecular complexity index is 665. The van der Waals surface area contributed by atoms with Crippen molar-refractivity contribution in [3.63, 3.8) is 0 Å². The number of hydrogen-bond donors (Lipinski definition) is 1. The van der Waals surface area contributed by atoms with Crippen LogP contribution in [0, 0.1) is 0 Å². The van der Waals surface area contributed by atoms with E-state index in [1.54, 1.807) is 4.88 Å². The molecule has 1 aliphatic carbocycles. The fraction of sp³-hybridized carbons (Fsp3) is 0.684. The molecule has 0 unspecified atom stereocenters. The summed E-state index contributed by atoms with van der Waals surface area (Å²) in [7, 11) is 0. The summed E-state index contributed by atoms with van der Waals surface area (Å²) in [5.74, 6) is 0.835. The molecule has 2 fully saturated rings. The molecule has 2 aliphatic rings. The van der Waals surface area contributed by atoms with Crippen LogP contribution in [0.25, 0.3) is 0 Å². The van der Waals surface area contributed by atoms with Gasteiger partial charge in [-0.3, -0.25) is 4.90 Å². The van der Waals surface area contributed by atoms with Crippen molar-refractivity contribution in [1.29, 1.82) is 0 Å². The highest BCUT2D eigenvalue weighted by Gasteiger charge is 2.23. The monoisotopic (exact) mass is 359 g/mol. The van der Waals surface area contributed by atoms with Crippen LogP contribution in [0.1, 0.15) is 72.4 Å². The van der Waals surface area contributed by atoms with Crippen LogP contribution in [0.15, 0.2) is 18.3 Å². The van der Waals surface area contributed by atoms with Crippen LogP contribution < -0.4 is 5.73 Å². The molecule has 25 heavy (non-hydrogen) atoms. The number of piperidine rings is 1. The summed E-state index contributed by atoms with van der Waals surface area (Å²) in [6.07, 6.45) is 11.4. The fourth-order valence-electron chi connectivity index (χ4n) is 4.23. The van der Waals surface area contributed by atoms with E-state index >= 15 is 0 Å². The molecule has 6 heteroatoms. The van der Waals surface area contributed by atoms with Crippen LogP contribution in [-0.2, 0) is 13.1 Å². The van der Waals surface area contributed by atoms with Crippen LogP contribution >= 0.6 is 11.3 Å². The lowest BCUT2D eigenvalue weighted by molar-refractivity contribution is 0.173. The average Bonchev–Trinajstić information content (AvgIpc) is 3.33. The van der Waals surface area contributed by atoms with Gasteiger partial charge in [0.05, 0.1) is 17.9 Å². The van der Waals surface area contributed by atoms with Crippen molar-refractivity contribution in [2.45, 2.75) is 70.0 Å². The van der Waals surface area contributed by atoms with Crippen LogP contribution in [0.5, 0.6) is 0 Å². The number of hydrogen-bond acceptors (Lipinski definition) is 5. The third kappa shape index (κ3) is 4.13. The molecule has 4 rings (SSSR count). The molecular weight excluding hydrogens is 330 g/mol. The van der Waals surface area contributed by atoms with E-state index in [1.807, 2.05) is 10.9 Å². The van der Waals surface area contributed by atoms with Crippen molar-refractivity contribution < 1.29 is 0 Å². The second kappa shape index (κ2) is 7.98. The Morgan fingerprint density at radius 3 is 2.60 bits per heavy atom. The van der Waals surface area contributed by atoms with Gasteiger partial charge in [-0.2, -0.15) is 0 Å². The molecule has 1 saturated heterocycles. The molecule has 2 aromatic heterocycles. The van der Waals surface area contributed by atoms with Gasteiger partial charge in [-0.15, -0.1) is 16.4 Å². The first-order valence-electron chi connectivity index (χ1n) is 9.73. The second-order valence-corrected chi connectivity index (χ2v) is 8.74. The summed E-state index contributed by atoms with van der Waals surface area (Å²) in [5, 5.41) is 8.36. The molecule has 3 heterocycles. The van der Waals surface area contributed by atoms with E-state index in [-0.39, 0.29) is 0 Å². The van der Waals surface area contributed by atoms with Gasteiger partial charge in [0.25, 0.3) is 0 Å². The number of likely N-dealkylation sites (tertiary alicyclic amines) is 1. The van der Waals surface area contributed by atoms with Gasteiger partial charge in [0.15, 0.2) is 0 Å². The molecule has 2 aromatic rings. The van der Waals surface area contributed by atoms with Gasteiger partial charge < -0.3 is 5.73 Å². The Hall–Kier alpha value is -1.24. The normalized spacial score (nSPS) is 21.0. The molecule has 0 aromatic carbocycles. The van der Waals surface area contributed by atoms with E-state index in [4.69, 9.17) is 5.73 Å². The maximum atomic E-state index is 5.63. The summed E-state index contributed by atoms with van der Waals surface area (Å²) in [4.78, 5) is 5.75. The van der Waals surface area contributed by atoms with Crippen molar-refractivity contribution in [2.75, 3.05) is 13.1 Å². The number of rotatable bonds is 5. The summed E-state index contributed by atoms with van der Waals surface area (Å²) in [6, 6.07) is 5.24. The Morgan fingerprint density at radius 2 is 1.88 bits per heavy atom. The maximum absolute atomic E-state index is 5.63. The molecule has 0 amide bonds. The molecule has 1 saturated carbocycles. The minimum absolute atomic E-state index is 0.473. The van der Waals surface area contributed by atoms with Crippen molar-refractivity contribution in [3.05, 3.63) is 33.8 Å². The number of nitrogens with zero attached hydrogens (tertiary/aromatic N) is 4. The highest BCUT2D eigenvalue weighted by Crippen LogP contribution is 2.36. The first-order valence-corrected chi connectivity index (χ1v) is 10.5. The van der Waals surface area contributed by atoms with Crippen molar-refractivity contribution in [1.82, 2.24) is 19.9 Å². The average molecular weight is 360 g/mol. The Kier molecular flexibility index (Phi) is 5.48. The van der Waals surface area contributed by atoms with Gasteiger partial charge in [-0.1, -0.05) is 24.5 Å². The van der Waals surface area contributed by atoms with E-state index in [2.05, 4.69) is 38.7 Å². The lowest BCUT2D eigenvalue weighted by atomic mass is 9.88. The van der Waals surface area contributed by atoms with E-state index in [9.17, 15) is 0 Å². The molecule has 5 nitrogen and oxygen atoms in total. The molecule has 1 aliphatic heterocycles. The van der Waals surface area contributed by atoms with Crippen LogP contribution in [0.3, 0.4) is 0 Å². The zero-order chi connectivity index (χ0) is 17.1. The lowest BCUT2D eigenvalue weighted by Gasteiger charge is -2.31. The van der Waals surface area contributed by atoms with Gasteiger partial charge in [-0.25, -0.2) is 4.68 Å². The topological polar surface area (TPSA) is 60.0 Å². The van der Waals surface area contributed by atoms with Gasteiger partial charge in [-0.05, 0) is 43.7 Å². The van der Waals surface area contributed by atoms with Crippen molar-refractivity contribution >= 4 is 11.3 Å². The molecule has 0 bridgehead atoms. The first kappa shape index (κ1) is 17.2. The smallest absolute Gasteiger partial charge is 0.0962 e. The number of nitrogens with two attached hydrogens (primary N) is 1. The molecule has 2 N–H and O–H groups in total. The van der Waals surface area contributed by atoms with E-state index in [1.165, 1.54) is 37.0 Å². The van der Waals surface area contributed by atoms with Gasteiger partial charge in [0.2, 0.25) is 0 Å². The number of thiophene rings is 1. The zero-order valence-corrected chi connectivity index (χ0v) is 15.8. The van der Waals surface area contributed by atoms with Crippen LogP contribution in [-0.4, -0.2) is 33.0 Å². The minimum atomic E-state index is 0.473. The summed E-state index contributed by atoms with van der Waals surface area (Å²) < 4.78 is 2.02. The Morgan fingerprint density at radius 1 is 1.08 bits per heavy atom. The standard InChI is InChI=1S/C19H29N5S/c20-12-16-13-24(22-21-16)17-8-10-23(11-9-17)14-18-6-7-19(25-18)15-4-2-1-3-5-15/h6-7,13,15,17H,1-5,8-12,14,20H2. The third-order valence-corrected chi connectivity index (χ3v) is 7.00. The zero-order valence-electron chi connectivity index (χ0n) is 14.9. The quantitative estimate of drug-likeness (QED) is 0.884.